The van der Waals surface area contributed by atoms with Crippen molar-refractivity contribution in [3.8, 4) is 0 Å². The van der Waals surface area contributed by atoms with Gasteiger partial charge in [-0.3, -0.25) is 9.78 Å². The van der Waals surface area contributed by atoms with Crippen LogP contribution in [-0.4, -0.2) is 50.0 Å². The standard InChI is InChI=1S/C23H28N6O/c1-16-8-12-27(15-16)20-9-13-29-21(25-20)14-18(26-29)19-7-3-4-11-28(19)23(30)22-17(2)6-5-10-24-22/h5-6,9-10,13-14,16,19H,3-4,7-8,11-12,15H2,1-2H3/t16-,19-/m0/s1. The molecule has 2 fully saturated rings. The quantitative estimate of drug-likeness (QED) is 0.667. The summed E-state index contributed by atoms with van der Waals surface area (Å²) in [6.45, 7) is 7.07. The maximum atomic E-state index is 13.3. The molecule has 156 valence electrons. The van der Waals surface area contributed by atoms with E-state index in [1.54, 1.807) is 6.20 Å². The minimum atomic E-state index is -0.0374. The molecule has 7 heteroatoms. The fourth-order valence-electron chi connectivity index (χ4n) is 4.70. The Bertz CT molecular complexity index is 1080. The summed E-state index contributed by atoms with van der Waals surface area (Å²) < 4.78 is 1.83. The molecule has 0 spiro atoms. The van der Waals surface area contributed by atoms with Gasteiger partial charge in [0.15, 0.2) is 5.65 Å². The first kappa shape index (κ1) is 19.0. The van der Waals surface area contributed by atoms with Crippen molar-refractivity contribution in [1.29, 1.82) is 0 Å². The Morgan fingerprint density at radius 2 is 2.07 bits per heavy atom. The highest BCUT2D eigenvalue weighted by Gasteiger charge is 2.32. The van der Waals surface area contributed by atoms with Crippen molar-refractivity contribution in [2.75, 3.05) is 24.5 Å². The largest absolute Gasteiger partial charge is 0.356 e. The van der Waals surface area contributed by atoms with E-state index in [-0.39, 0.29) is 11.9 Å². The van der Waals surface area contributed by atoms with Crippen molar-refractivity contribution in [3.05, 3.63) is 53.6 Å². The summed E-state index contributed by atoms with van der Waals surface area (Å²) in [5.41, 5.74) is 3.20. The van der Waals surface area contributed by atoms with Gasteiger partial charge in [0.1, 0.15) is 11.5 Å². The molecular formula is C23H28N6O. The van der Waals surface area contributed by atoms with Gasteiger partial charge in [-0.1, -0.05) is 13.0 Å². The second kappa shape index (κ2) is 7.70. The number of rotatable bonds is 3. The van der Waals surface area contributed by atoms with Crippen LogP contribution in [0, 0.1) is 12.8 Å². The third kappa shape index (κ3) is 3.42. The molecule has 5 heterocycles. The lowest BCUT2D eigenvalue weighted by Crippen LogP contribution is -2.39. The number of carbonyl (C=O) groups excluding carboxylic acids is 1. The molecule has 7 nitrogen and oxygen atoms in total. The van der Waals surface area contributed by atoms with Gasteiger partial charge < -0.3 is 9.80 Å². The van der Waals surface area contributed by atoms with Crippen LogP contribution in [-0.2, 0) is 0 Å². The molecule has 3 aromatic rings. The zero-order valence-corrected chi connectivity index (χ0v) is 17.7. The van der Waals surface area contributed by atoms with Crippen LogP contribution in [0.25, 0.3) is 5.65 Å². The van der Waals surface area contributed by atoms with Crippen LogP contribution < -0.4 is 4.90 Å². The van der Waals surface area contributed by atoms with E-state index in [2.05, 4.69) is 16.8 Å². The summed E-state index contributed by atoms with van der Waals surface area (Å²) in [5.74, 6) is 1.72. The van der Waals surface area contributed by atoms with Gasteiger partial charge in [0.25, 0.3) is 5.91 Å². The molecule has 2 aliphatic heterocycles. The Labute approximate surface area is 176 Å². The normalized spacial score (nSPS) is 22.1. The third-order valence-corrected chi connectivity index (χ3v) is 6.39. The Kier molecular flexibility index (Phi) is 4.89. The van der Waals surface area contributed by atoms with E-state index in [1.807, 2.05) is 46.8 Å². The van der Waals surface area contributed by atoms with Gasteiger partial charge in [-0.05, 0) is 56.2 Å². The summed E-state index contributed by atoms with van der Waals surface area (Å²) in [4.78, 5) is 26.8. The van der Waals surface area contributed by atoms with Gasteiger partial charge in [-0.2, -0.15) is 5.10 Å². The molecule has 0 radical (unpaired) electrons. The van der Waals surface area contributed by atoms with Crippen molar-refractivity contribution in [3.63, 3.8) is 0 Å². The molecular weight excluding hydrogens is 376 g/mol. The van der Waals surface area contributed by atoms with Crippen LogP contribution in [0.15, 0.2) is 36.7 Å². The number of hydrogen-bond acceptors (Lipinski definition) is 5. The highest BCUT2D eigenvalue weighted by Crippen LogP contribution is 2.32. The van der Waals surface area contributed by atoms with Gasteiger partial charge >= 0.3 is 0 Å². The highest BCUT2D eigenvalue weighted by atomic mass is 16.2. The smallest absolute Gasteiger partial charge is 0.273 e. The van der Waals surface area contributed by atoms with Crippen LogP contribution >= 0.6 is 0 Å². The van der Waals surface area contributed by atoms with E-state index < -0.39 is 0 Å². The first-order valence-electron chi connectivity index (χ1n) is 10.9. The topological polar surface area (TPSA) is 66.6 Å². The fourth-order valence-corrected chi connectivity index (χ4v) is 4.70. The summed E-state index contributed by atoms with van der Waals surface area (Å²) in [7, 11) is 0. The number of pyridine rings is 1. The number of anilines is 1. The monoisotopic (exact) mass is 404 g/mol. The van der Waals surface area contributed by atoms with E-state index in [9.17, 15) is 4.79 Å². The van der Waals surface area contributed by atoms with E-state index >= 15 is 0 Å². The Hall–Kier alpha value is -2.96. The van der Waals surface area contributed by atoms with Crippen molar-refractivity contribution in [2.24, 2.45) is 5.92 Å². The van der Waals surface area contributed by atoms with Gasteiger partial charge in [-0.15, -0.1) is 0 Å². The Morgan fingerprint density at radius 1 is 1.17 bits per heavy atom. The fraction of sp³-hybridized carbons (Fsp3) is 0.478. The number of carbonyl (C=O) groups is 1. The second-order valence-electron chi connectivity index (χ2n) is 8.68. The summed E-state index contributed by atoms with van der Waals surface area (Å²) in [6.07, 6.45) is 7.91. The molecule has 1 amide bonds. The minimum Gasteiger partial charge on any atom is -0.356 e. The number of piperidine rings is 1. The van der Waals surface area contributed by atoms with Crippen LogP contribution in [0.2, 0.25) is 0 Å². The summed E-state index contributed by atoms with van der Waals surface area (Å²) in [6, 6.07) is 7.86. The maximum Gasteiger partial charge on any atom is 0.273 e. The lowest BCUT2D eigenvalue weighted by Gasteiger charge is -2.34. The molecule has 2 atom stereocenters. The lowest BCUT2D eigenvalue weighted by atomic mass is 9.98. The van der Waals surface area contributed by atoms with Crippen molar-refractivity contribution >= 4 is 17.4 Å². The average Bonchev–Trinajstić information content (AvgIpc) is 3.39. The molecule has 30 heavy (non-hydrogen) atoms. The lowest BCUT2D eigenvalue weighted by molar-refractivity contribution is 0.0598. The van der Waals surface area contributed by atoms with Crippen molar-refractivity contribution in [1.82, 2.24) is 24.5 Å². The number of aromatic nitrogens is 4. The average molecular weight is 405 g/mol. The Balaban J connectivity index is 1.45. The summed E-state index contributed by atoms with van der Waals surface area (Å²) >= 11 is 0. The maximum absolute atomic E-state index is 13.3. The second-order valence-corrected chi connectivity index (χ2v) is 8.68. The van der Waals surface area contributed by atoms with E-state index in [4.69, 9.17) is 10.1 Å². The van der Waals surface area contributed by atoms with E-state index in [1.165, 1.54) is 6.42 Å². The molecule has 0 saturated carbocycles. The molecule has 0 aromatic carbocycles. The highest BCUT2D eigenvalue weighted by molar-refractivity contribution is 5.94. The Morgan fingerprint density at radius 3 is 2.87 bits per heavy atom. The van der Waals surface area contributed by atoms with Crippen molar-refractivity contribution in [2.45, 2.75) is 45.6 Å². The molecule has 0 N–H and O–H groups in total. The van der Waals surface area contributed by atoms with Gasteiger partial charge in [-0.25, -0.2) is 9.50 Å². The van der Waals surface area contributed by atoms with Crippen LogP contribution in [0.1, 0.15) is 60.4 Å². The predicted molar refractivity (Wildman–Crippen MR) is 116 cm³/mol. The number of hydrogen-bond donors (Lipinski definition) is 0. The van der Waals surface area contributed by atoms with Crippen LogP contribution in [0.4, 0.5) is 5.82 Å². The molecule has 0 bridgehead atoms. The molecule has 3 aromatic heterocycles. The zero-order chi connectivity index (χ0) is 20.7. The molecule has 2 aliphatic rings. The first-order chi connectivity index (χ1) is 14.6. The first-order valence-corrected chi connectivity index (χ1v) is 10.9. The number of nitrogens with zero attached hydrogens (tertiary/aromatic N) is 6. The molecule has 0 aliphatic carbocycles. The number of amides is 1. The van der Waals surface area contributed by atoms with E-state index in [0.717, 1.165) is 61.6 Å². The van der Waals surface area contributed by atoms with Crippen LogP contribution in [0.3, 0.4) is 0 Å². The van der Waals surface area contributed by atoms with Crippen LogP contribution in [0.5, 0.6) is 0 Å². The molecule has 5 rings (SSSR count). The minimum absolute atomic E-state index is 0.00504. The number of fused-ring (bicyclic) bond motifs is 1. The van der Waals surface area contributed by atoms with Gasteiger partial charge in [0.2, 0.25) is 0 Å². The zero-order valence-electron chi connectivity index (χ0n) is 17.7. The molecule has 0 unspecified atom stereocenters. The van der Waals surface area contributed by atoms with E-state index in [0.29, 0.717) is 11.6 Å². The SMILES string of the molecule is Cc1cccnc1C(=O)N1CCCC[C@H]1c1cc2nc(N3CC[C@H](C)C3)ccn2n1. The predicted octanol–water partition coefficient (Wildman–Crippen LogP) is 3.65. The van der Waals surface area contributed by atoms with Crippen molar-refractivity contribution < 1.29 is 4.79 Å². The third-order valence-electron chi connectivity index (χ3n) is 6.39. The van der Waals surface area contributed by atoms with Gasteiger partial charge in [0.05, 0.1) is 11.7 Å². The number of likely N-dealkylation sites (tertiary alicyclic amines) is 1. The summed E-state index contributed by atoms with van der Waals surface area (Å²) in [5, 5.41) is 4.79. The number of aryl methyl sites for hydroxylation is 1. The molecule has 2 saturated heterocycles. The van der Waals surface area contributed by atoms with Gasteiger partial charge in [0, 0.05) is 38.1 Å².